The van der Waals surface area contributed by atoms with E-state index < -0.39 is 23.5 Å². The van der Waals surface area contributed by atoms with Crippen molar-refractivity contribution in [2.45, 2.75) is 45.4 Å². The Kier molecular flexibility index (Phi) is 10.3. The fourth-order valence-electron chi connectivity index (χ4n) is 7.33. The molecule has 15 heteroatoms. The van der Waals surface area contributed by atoms with E-state index in [0.29, 0.717) is 53.4 Å². The third-order valence-electron chi connectivity index (χ3n) is 9.98. The summed E-state index contributed by atoms with van der Waals surface area (Å²) in [6.07, 6.45) is 3.61. The smallest absolute Gasteiger partial charge is 0.246 e. The molecule has 7 rings (SSSR count). The zero-order chi connectivity index (χ0) is 38.4. The lowest BCUT2D eigenvalue weighted by Crippen LogP contribution is -2.46. The van der Waals surface area contributed by atoms with Crippen molar-refractivity contribution in [1.29, 1.82) is 0 Å². The third kappa shape index (κ3) is 6.75. The van der Waals surface area contributed by atoms with Gasteiger partial charge in [-0.25, -0.2) is 18.2 Å². The van der Waals surface area contributed by atoms with Gasteiger partial charge in [-0.3, -0.25) is 24.2 Å². The van der Waals surface area contributed by atoms with Crippen molar-refractivity contribution in [3.05, 3.63) is 82.9 Å². The highest BCUT2D eigenvalue weighted by atomic mass is 32.1. The molecule has 6 heterocycles. The molecule has 282 valence electrons. The van der Waals surface area contributed by atoms with Crippen LogP contribution in [0.1, 0.15) is 36.8 Å². The molecule has 11 nitrogen and oxygen atoms in total. The summed E-state index contributed by atoms with van der Waals surface area (Å²) in [7, 11) is 4.92. The molecule has 0 saturated heterocycles. The molecule has 0 fully saturated rings. The van der Waals surface area contributed by atoms with Crippen LogP contribution in [-0.4, -0.2) is 99.8 Å². The number of thiophene rings is 1. The van der Waals surface area contributed by atoms with Crippen LogP contribution in [-0.2, 0) is 33.8 Å². The highest BCUT2D eigenvalue weighted by Crippen LogP contribution is 2.48. The number of halogens is 3. The molecular formula is C39H40F3N7O4S. The van der Waals surface area contributed by atoms with Crippen LogP contribution in [0.3, 0.4) is 0 Å². The van der Waals surface area contributed by atoms with Gasteiger partial charge < -0.3 is 19.3 Å². The van der Waals surface area contributed by atoms with Gasteiger partial charge in [0, 0.05) is 92.7 Å². The predicted molar refractivity (Wildman–Crippen MR) is 199 cm³/mol. The zero-order valence-corrected chi connectivity index (χ0v) is 31.5. The molecule has 0 unspecified atom stereocenters. The van der Waals surface area contributed by atoms with Crippen LogP contribution in [0.2, 0.25) is 0 Å². The molecule has 4 aromatic heterocycles. The Labute approximate surface area is 314 Å². The maximum atomic E-state index is 16.4. The summed E-state index contributed by atoms with van der Waals surface area (Å²) in [5.41, 5.74) is 3.80. The Morgan fingerprint density at radius 2 is 1.87 bits per heavy atom. The number of ether oxygens (including phenoxy) is 2. The van der Waals surface area contributed by atoms with Crippen LogP contribution < -0.4 is 4.74 Å². The number of aromatic nitrogens is 4. The van der Waals surface area contributed by atoms with Gasteiger partial charge >= 0.3 is 0 Å². The summed E-state index contributed by atoms with van der Waals surface area (Å²) in [5, 5.41) is 6.31. The van der Waals surface area contributed by atoms with Crippen LogP contribution in [0.15, 0.2) is 48.5 Å². The molecule has 0 saturated carbocycles. The number of carbonyl (C=O) groups excluding carboxylic acids is 2. The fourth-order valence-corrected chi connectivity index (χ4v) is 8.27. The highest BCUT2D eigenvalue weighted by molar-refractivity contribution is 7.17. The van der Waals surface area contributed by atoms with E-state index in [9.17, 15) is 14.0 Å². The molecule has 2 aliphatic heterocycles. The molecule has 5 aromatic rings. The van der Waals surface area contributed by atoms with Crippen LogP contribution in [0, 0.1) is 17.5 Å². The van der Waals surface area contributed by atoms with Crippen molar-refractivity contribution in [3.63, 3.8) is 0 Å². The lowest BCUT2D eigenvalue weighted by atomic mass is 9.94. The molecule has 2 aliphatic rings. The molecule has 0 N–H and O–H groups in total. The van der Waals surface area contributed by atoms with E-state index in [2.05, 4.69) is 11.5 Å². The molecule has 0 bridgehead atoms. The van der Waals surface area contributed by atoms with E-state index in [1.165, 1.54) is 18.6 Å². The third-order valence-corrected chi connectivity index (χ3v) is 10.9. The van der Waals surface area contributed by atoms with Gasteiger partial charge in [-0.1, -0.05) is 6.58 Å². The fraction of sp³-hybridized carbons (Fsp3) is 0.359. The van der Waals surface area contributed by atoms with Gasteiger partial charge in [0.1, 0.15) is 41.2 Å². The summed E-state index contributed by atoms with van der Waals surface area (Å²) in [4.78, 5) is 40.7. The van der Waals surface area contributed by atoms with Gasteiger partial charge in [0.15, 0.2) is 0 Å². The first-order valence-corrected chi connectivity index (χ1v) is 18.4. The second-order valence-corrected chi connectivity index (χ2v) is 14.6. The standard InChI is InChI=1S/C39H40F3N7O4S/c1-7-32(50)49-21(2)17-48-30(22(49)3)15-29(45-48)38-36(34-26(41)13-25(40)14-31(34)53-11-10-52-6)35-27(42)20-54-39(35)37(44-38)23-12-24-18-47(19-33(51)46(4)5)9-8-28(24)43-16-23/h7,12-16,20-22H,1,8-11,17-19H2,2-6H3/t21-,22+/m0/s1. The summed E-state index contributed by atoms with van der Waals surface area (Å²) < 4.78 is 60.6. The minimum atomic E-state index is -0.971. The maximum Gasteiger partial charge on any atom is 0.246 e. The minimum Gasteiger partial charge on any atom is -0.490 e. The van der Waals surface area contributed by atoms with Crippen LogP contribution in [0.25, 0.3) is 43.9 Å². The monoisotopic (exact) mass is 759 g/mol. The van der Waals surface area contributed by atoms with Crippen molar-refractivity contribution >= 4 is 33.2 Å². The number of methoxy groups -OCH3 is 1. The van der Waals surface area contributed by atoms with Gasteiger partial charge in [0.2, 0.25) is 11.8 Å². The number of rotatable bonds is 10. The molecule has 0 aliphatic carbocycles. The lowest BCUT2D eigenvalue weighted by molar-refractivity contribution is -0.132. The average molecular weight is 760 g/mol. The number of likely N-dealkylation sites (N-methyl/N-ethyl adjacent to an activating group) is 1. The Bertz CT molecular complexity index is 2290. The van der Waals surface area contributed by atoms with E-state index in [0.717, 1.165) is 34.7 Å². The van der Waals surface area contributed by atoms with Gasteiger partial charge in [0.25, 0.3) is 0 Å². The van der Waals surface area contributed by atoms with E-state index in [1.54, 1.807) is 40.8 Å². The van der Waals surface area contributed by atoms with Crippen molar-refractivity contribution < 1.29 is 32.2 Å². The van der Waals surface area contributed by atoms with E-state index in [-0.39, 0.29) is 65.6 Å². The highest BCUT2D eigenvalue weighted by Gasteiger charge is 2.35. The average Bonchev–Trinajstić information content (AvgIpc) is 3.74. The predicted octanol–water partition coefficient (Wildman–Crippen LogP) is 6.26. The van der Waals surface area contributed by atoms with Crippen molar-refractivity contribution in [1.82, 2.24) is 34.4 Å². The molecular weight excluding hydrogens is 720 g/mol. The number of nitrogens with zero attached hydrogens (tertiary/aromatic N) is 7. The normalized spacial score (nSPS) is 17.0. The van der Waals surface area contributed by atoms with Gasteiger partial charge in [-0.2, -0.15) is 5.10 Å². The van der Waals surface area contributed by atoms with Crippen molar-refractivity contribution in [2.75, 3.05) is 47.5 Å². The number of pyridine rings is 2. The summed E-state index contributed by atoms with van der Waals surface area (Å²) in [5.74, 6) is -2.87. The first-order valence-electron chi connectivity index (χ1n) is 17.5. The van der Waals surface area contributed by atoms with Gasteiger partial charge in [-0.05, 0) is 37.6 Å². The Morgan fingerprint density at radius 1 is 1.07 bits per heavy atom. The number of hydrogen-bond donors (Lipinski definition) is 0. The zero-order valence-electron chi connectivity index (χ0n) is 30.7. The first kappa shape index (κ1) is 37.2. The van der Waals surface area contributed by atoms with Crippen molar-refractivity contribution in [3.8, 4) is 39.5 Å². The Hall–Kier alpha value is -5.12. The Morgan fingerprint density at radius 3 is 2.61 bits per heavy atom. The van der Waals surface area contributed by atoms with Crippen LogP contribution >= 0.6 is 11.3 Å². The minimum absolute atomic E-state index is 0.0118. The Balaban J connectivity index is 1.46. The number of fused-ring (bicyclic) bond motifs is 3. The van der Waals surface area contributed by atoms with E-state index >= 15 is 8.78 Å². The van der Waals surface area contributed by atoms with Crippen LogP contribution in [0.4, 0.5) is 13.2 Å². The number of carbonyl (C=O) groups is 2. The molecule has 1 aromatic carbocycles. The van der Waals surface area contributed by atoms with E-state index in [4.69, 9.17) is 24.5 Å². The first-order chi connectivity index (χ1) is 25.9. The van der Waals surface area contributed by atoms with E-state index in [1.807, 2.05) is 19.9 Å². The SMILES string of the molecule is C=CC(=O)N1[C@H](C)c2cc(-c3nc(-c4cnc5c(c4)CN(CC(=O)N(C)C)CC5)c4scc(F)c4c3-c3c(F)cc(F)cc3OCCOC)nn2C[C@@H]1C. The molecule has 0 radical (unpaired) electrons. The van der Waals surface area contributed by atoms with Crippen molar-refractivity contribution in [2.24, 2.45) is 0 Å². The van der Waals surface area contributed by atoms with Crippen LogP contribution in [0.5, 0.6) is 5.75 Å². The number of benzene rings is 1. The topological polar surface area (TPSA) is 106 Å². The molecule has 0 spiro atoms. The largest absolute Gasteiger partial charge is 0.490 e. The van der Waals surface area contributed by atoms with Gasteiger partial charge in [-0.15, -0.1) is 11.3 Å². The summed E-state index contributed by atoms with van der Waals surface area (Å²) >= 11 is 1.11. The van der Waals surface area contributed by atoms with Gasteiger partial charge in [0.05, 0.1) is 47.4 Å². The lowest BCUT2D eigenvalue weighted by Gasteiger charge is -2.38. The molecule has 54 heavy (non-hydrogen) atoms. The quantitative estimate of drug-likeness (QED) is 0.122. The molecule has 2 atom stereocenters. The maximum absolute atomic E-state index is 16.4. The summed E-state index contributed by atoms with van der Waals surface area (Å²) in [6, 6.07) is 4.87. The molecule has 2 amide bonds. The number of hydrogen-bond acceptors (Lipinski definition) is 9. The number of amides is 2. The second-order valence-electron chi connectivity index (χ2n) is 13.8. The summed E-state index contributed by atoms with van der Waals surface area (Å²) in [6.45, 7) is 9.33. The second kappa shape index (κ2) is 15.0.